The Morgan fingerprint density at radius 3 is 2.46 bits per heavy atom. The van der Waals surface area contributed by atoms with E-state index in [9.17, 15) is 9.59 Å². The van der Waals surface area contributed by atoms with E-state index >= 15 is 0 Å². The van der Waals surface area contributed by atoms with Gasteiger partial charge >= 0.3 is 5.97 Å². The lowest BCUT2D eigenvalue weighted by Gasteiger charge is -2.41. The summed E-state index contributed by atoms with van der Waals surface area (Å²) >= 11 is 0. The number of ether oxygens (including phenoxy) is 1. The smallest absolute Gasteiger partial charge is 0.337 e. The van der Waals surface area contributed by atoms with Gasteiger partial charge in [0.1, 0.15) is 0 Å². The number of anilines is 1. The van der Waals surface area contributed by atoms with Crippen molar-refractivity contribution in [3.8, 4) is 0 Å². The third kappa shape index (κ3) is 3.57. The van der Waals surface area contributed by atoms with Gasteiger partial charge in [0.05, 0.1) is 12.7 Å². The number of amides is 1. The predicted molar refractivity (Wildman–Crippen MR) is 102 cm³/mol. The molecule has 2 aromatic carbocycles. The first-order valence-electron chi connectivity index (χ1n) is 8.81. The van der Waals surface area contributed by atoms with Gasteiger partial charge in [0.2, 0.25) is 0 Å². The summed E-state index contributed by atoms with van der Waals surface area (Å²) in [5.74, 6) is -0.482. The molecule has 0 radical (unpaired) electrons. The van der Waals surface area contributed by atoms with Crippen molar-refractivity contribution in [1.82, 2.24) is 4.90 Å². The molecular weight excluding hydrogens is 328 g/mol. The molecule has 0 aliphatic carbocycles. The van der Waals surface area contributed by atoms with E-state index in [1.165, 1.54) is 18.4 Å². The SMILES string of the molecule is COC(=O)c1cccc(C(=O)N2CCN(c3ccccc3C)CC2C)c1. The fourth-order valence-corrected chi connectivity index (χ4v) is 3.46. The van der Waals surface area contributed by atoms with Crippen LogP contribution in [0.1, 0.15) is 33.2 Å². The highest BCUT2D eigenvalue weighted by Gasteiger charge is 2.29. The molecule has 5 nitrogen and oxygen atoms in total. The van der Waals surface area contributed by atoms with Gasteiger partial charge in [0.15, 0.2) is 0 Å². The third-order valence-electron chi connectivity index (χ3n) is 4.88. The average Bonchev–Trinajstić information content (AvgIpc) is 2.67. The second-order valence-electron chi connectivity index (χ2n) is 6.65. The minimum Gasteiger partial charge on any atom is -0.465 e. The molecule has 5 heteroatoms. The molecule has 0 N–H and O–H groups in total. The number of hydrogen-bond acceptors (Lipinski definition) is 4. The van der Waals surface area contributed by atoms with Crippen LogP contribution in [0.2, 0.25) is 0 Å². The van der Waals surface area contributed by atoms with Gasteiger partial charge in [0.25, 0.3) is 5.91 Å². The van der Waals surface area contributed by atoms with E-state index in [-0.39, 0.29) is 11.9 Å². The van der Waals surface area contributed by atoms with E-state index in [2.05, 4.69) is 30.9 Å². The summed E-state index contributed by atoms with van der Waals surface area (Å²) in [4.78, 5) is 28.9. The summed E-state index contributed by atoms with van der Waals surface area (Å²) in [5.41, 5.74) is 3.37. The van der Waals surface area contributed by atoms with Gasteiger partial charge in [-0.15, -0.1) is 0 Å². The normalized spacial score (nSPS) is 17.1. The first-order valence-corrected chi connectivity index (χ1v) is 8.81. The molecule has 1 heterocycles. The van der Waals surface area contributed by atoms with Crippen molar-refractivity contribution in [3.05, 3.63) is 65.2 Å². The molecule has 1 unspecified atom stereocenters. The number of nitrogens with zero attached hydrogens (tertiary/aromatic N) is 2. The van der Waals surface area contributed by atoms with Crippen LogP contribution in [0.5, 0.6) is 0 Å². The second-order valence-corrected chi connectivity index (χ2v) is 6.65. The molecule has 2 aromatic rings. The van der Waals surface area contributed by atoms with Crippen molar-refractivity contribution in [1.29, 1.82) is 0 Å². The molecule has 3 rings (SSSR count). The van der Waals surface area contributed by atoms with Crippen LogP contribution in [0.3, 0.4) is 0 Å². The Labute approximate surface area is 154 Å². The Bertz CT molecular complexity index is 818. The zero-order valence-electron chi connectivity index (χ0n) is 15.4. The Kier molecular flexibility index (Phi) is 5.26. The summed E-state index contributed by atoms with van der Waals surface area (Å²) < 4.78 is 4.74. The van der Waals surface area contributed by atoms with Gasteiger partial charge in [-0.25, -0.2) is 4.79 Å². The fraction of sp³-hybridized carbons (Fsp3) is 0.333. The van der Waals surface area contributed by atoms with Crippen LogP contribution in [0.4, 0.5) is 5.69 Å². The molecule has 1 fully saturated rings. The van der Waals surface area contributed by atoms with Crippen molar-refractivity contribution in [2.24, 2.45) is 0 Å². The van der Waals surface area contributed by atoms with Gasteiger partial charge in [-0.3, -0.25) is 4.79 Å². The van der Waals surface area contributed by atoms with E-state index in [4.69, 9.17) is 4.74 Å². The third-order valence-corrected chi connectivity index (χ3v) is 4.88. The van der Waals surface area contributed by atoms with Crippen LogP contribution in [0, 0.1) is 6.92 Å². The van der Waals surface area contributed by atoms with Gasteiger partial charge < -0.3 is 14.5 Å². The maximum Gasteiger partial charge on any atom is 0.337 e. The van der Waals surface area contributed by atoms with Gasteiger partial charge in [-0.05, 0) is 43.7 Å². The van der Waals surface area contributed by atoms with E-state index in [0.717, 1.165) is 13.1 Å². The number of esters is 1. The Balaban J connectivity index is 1.74. The van der Waals surface area contributed by atoms with Crippen molar-refractivity contribution < 1.29 is 14.3 Å². The number of hydrogen-bond donors (Lipinski definition) is 0. The van der Waals surface area contributed by atoms with Crippen molar-refractivity contribution >= 4 is 17.6 Å². The van der Waals surface area contributed by atoms with Crippen molar-refractivity contribution in [2.75, 3.05) is 31.6 Å². The van der Waals surface area contributed by atoms with Crippen LogP contribution in [0.25, 0.3) is 0 Å². The molecule has 1 atom stereocenters. The Morgan fingerprint density at radius 1 is 1.04 bits per heavy atom. The first-order chi connectivity index (χ1) is 12.5. The summed E-state index contributed by atoms with van der Waals surface area (Å²) in [5, 5.41) is 0. The summed E-state index contributed by atoms with van der Waals surface area (Å²) in [6, 6.07) is 15.1. The lowest BCUT2D eigenvalue weighted by molar-refractivity contribution is 0.0600. The van der Waals surface area contributed by atoms with Gasteiger partial charge in [-0.2, -0.15) is 0 Å². The number of rotatable bonds is 3. The first kappa shape index (κ1) is 18.0. The molecule has 0 saturated carbocycles. The van der Waals surface area contributed by atoms with E-state index < -0.39 is 5.97 Å². The number of carbonyl (C=O) groups excluding carboxylic acids is 2. The number of carbonyl (C=O) groups is 2. The number of para-hydroxylation sites is 1. The molecule has 0 bridgehead atoms. The highest BCUT2D eigenvalue weighted by Crippen LogP contribution is 2.24. The van der Waals surface area contributed by atoms with E-state index in [1.807, 2.05) is 17.0 Å². The van der Waals surface area contributed by atoms with Crippen LogP contribution in [0.15, 0.2) is 48.5 Å². The lowest BCUT2D eigenvalue weighted by Crippen LogP contribution is -2.54. The van der Waals surface area contributed by atoms with Crippen LogP contribution in [-0.2, 0) is 4.74 Å². The quantitative estimate of drug-likeness (QED) is 0.797. The van der Waals surface area contributed by atoms with Crippen LogP contribution in [-0.4, -0.2) is 49.6 Å². The summed E-state index contributed by atoms with van der Waals surface area (Å²) in [6.07, 6.45) is 0. The Morgan fingerprint density at radius 2 is 1.77 bits per heavy atom. The number of aryl methyl sites for hydroxylation is 1. The van der Waals surface area contributed by atoms with E-state index in [1.54, 1.807) is 24.3 Å². The maximum atomic E-state index is 12.9. The van der Waals surface area contributed by atoms with Gasteiger partial charge in [0, 0.05) is 36.9 Å². The van der Waals surface area contributed by atoms with Crippen molar-refractivity contribution in [2.45, 2.75) is 19.9 Å². The number of benzene rings is 2. The molecule has 26 heavy (non-hydrogen) atoms. The summed E-state index contributed by atoms with van der Waals surface area (Å²) in [7, 11) is 1.34. The minimum absolute atomic E-state index is 0.0484. The van der Waals surface area contributed by atoms with Crippen LogP contribution < -0.4 is 4.90 Å². The molecule has 1 amide bonds. The highest BCUT2D eigenvalue weighted by atomic mass is 16.5. The monoisotopic (exact) mass is 352 g/mol. The molecule has 1 aliphatic heterocycles. The number of methoxy groups -OCH3 is 1. The van der Waals surface area contributed by atoms with Crippen LogP contribution >= 0.6 is 0 Å². The minimum atomic E-state index is -0.433. The predicted octanol–water partition coefficient (Wildman–Crippen LogP) is 3.13. The van der Waals surface area contributed by atoms with E-state index in [0.29, 0.717) is 17.7 Å². The molecular formula is C21H24N2O3. The lowest BCUT2D eigenvalue weighted by atomic mass is 10.1. The maximum absolute atomic E-state index is 12.9. The Hall–Kier alpha value is -2.82. The standard InChI is InChI=1S/C21H24N2O3/c1-15-7-4-5-10-19(15)22-11-12-23(16(2)14-22)20(24)17-8-6-9-18(13-17)21(25)26-3/h4-10,13,16H,11-12,14H2,1-3H3. The highest BCUT2D eigenvalue weighted by molar-refractivity contribution is 5.98. The molecule has 0 aromatic heterocycles. The topological polar surface area (TPSA) is 49.9 Å². The molecule has 0 spiro atoms. The second kappa shape index (κ2) is 7.60. The number of piperazine rings is 1. The van der Waals surface area contributed by atoms with Gasteiger partial charge in [-0.1, -0.05) is 24.3 Å². The largest absolute Gasteiger partial charge is 0.465 e. The zero-order chi connectivity index (χ0) is 18.7. The fourth-order valence-electron chi connectivity index (χ4n) is 3.46. The van der Waals surface area contributed by atoms with Crippen molar-refractivity contribution in [3.63, 3.8) is 0 Å². The summed E-state index contributed by atoms with van der Waals surface area (Å²) in [6.45, 7) is 6.39. The zero-order valence-corrected chi connectivity index (χ0v) is 15.4. The molecule has 1 saturated heterocycles. The average molecular weight is 352 g/mol. The molecule has 1 aliphatic rings. The molecule has 136 valence electrons.